The smallest absolute Gasteiger partial charge is 0.335 e. The molecule has 0 spiro atoms. The molecule has 3 N–H and O–H groups in total. The molecule has 3 aromatic carbocycles. The number of carbonyl (C=O) groups is 1. The molecule has 5 rings (SSSR count). The molecule has 1 aromatic heterocycles. The molecule has 2 heterocycles. The average Bonchev–Trinajstić information content (AvgIpc) is 2.96. The first-order valence-corrected chi connectivity index (χ1v) is 13.1. The van der Waals surface area contributed by atoms with Gasteiger partial charge in [0.05, 0.1) is 11.7 Å². The summed E-state index contributed by atoms with van der Waals surface area (Å²) in [5.74, 6) is -0.0166. The van der Waals surface area contributed by atoms with Crippen molar-refractivity contribution in [2.75, 3.05) is 13.1 Å². The van der Waals surface area contributed by atoms with E-state index in [1.54, 1.807) is 18.5 Å². The zero-order chi connectivity index (χ0) is 26.3. The SMILES string of the molecule is O=C(O)c1ccc(-c2ccc3c(c2)CC[C@H](CNC[C@@H](O)c2cccnc2)O3)cc1CCc1ccccc1. The van der Waals surface area contributed by atoms with Crippen molar-refractivity contribution in [1.82, 2.24) is 10.3 Å². The van der Waals surface area contributed by atoms with E-state index in [0.29, 0.717) is 25.1 Å². The molecule has 0 radical (unpaired) electrons. The fraction of sp³-hybridized carbons (Fsp3) is 0.250. The second-order valence-corrected chi connectivity index (χ2v) is 9.72. The van der Waals surface area contributed by atoms with E-state index in [1.807, 2.05) is 54.6 Å². The van der Waals surface area contributed by atoms with Crippen LogP contribution in [0.3, 0.4) is 0 Å². The minimum atomic E-state index is -0.897. The van der Waals surface area contributed by atoms with Crippen LogP contribution in [0.2, 0.25) is 0 Å². The van der Waals surface area contributed by atoms with Crippen LogP contribution < -0.4 is 10.1 Å². The molecule has 194 valence electrons. The van der Waals surface area contributed by atoms with Crippen LogP contribution in [-0.4, -0.2) is 40.4 Å². The van der Waals surface area contributed by atoms with Gasteiger partial charge in [-0.05, 0) is 77.8 Å². The summed E-state index contributed by atoms with van der Waals surface area (Å²) in [6.45, 7) is 1.09. The maximum absolute atomic E-state index is 11.8. The molecule has 0 saturated carbocycles. The van der Waals surface area contributed by atoms with Crippen LogP contribution in [0.4, 0.5) is 0 Å². The molecule has 6 nitrogen and oxygen atoms in total. The number of pyridine rings is 1. The Morgan fingerprint density at radius 2 is 1.82 bits per heavy atom. The predicted octanol–water partition coefficient (Wildman–Crippen LogP) is 5.25. The van der Waals surface area contributed by atoms with Gasteiger partial charge in [0, 0.05) is 31.0 Å². The molecule has 0 bridgehead atoms. The molecule has 1 aliphatic rings. The highest BCUT2D eigenvalue weighted by Crippen LogP contribution is 2.33. The number of carboxylic acids is 1. The quantitative estimate of drug-likeness (QED) is 0.271. The topological polar surface area (TPSA) is 91.7 Å². The molecule has 0 amide bonds. The van der Waals surface area contributed by atoms with Gasteiger partial charge < -0.3 is 20.3 Å². The van der Waals surface area contributed by atoms with Crippen LogP contribution in [0, 0.1) is 0 Å². The van der Waals surface area contributed by atoms with Crippen LogP contribution in [-0.2, 0) is 19.3 Å². The van der Waals surface area contributed by atoms with E-state index in [1.165, 1.54) is 5.56 Å². The molecular weight excluding hydrogens is 476 g/mol. The summed E-state index contributed by atoms with van der Waals surface area (Å²) < 4.78 is 6.24. The number of nitrogens with zero attached hydrogens (tertiary/aromatic N) is 1. The van der Waals surface area contributed by atoms with Crippen molar-refractivity contribution in [3.63, 3.8) is 0 Å². The van der Waals surface area contributed by atoms with E-state index < -0.39 is 12.1 Å². The molecule has 0 saturated heterocycles. The molecule has 0 unspecified atom stereocenters. The number of rotatable bonds is 10. The highest BCUT2D eigenvalue weighted by Gasteiger charge is 2.21. The van der Waals surface area contributed by atoms with Gasteiger partial charge in [0.2, 0.25) is 0 Å². The van der Waals surface area contributed by atoms with Gasteiger partial charge in [-0.1, -0.05) is 54.6 Å². The summed E-state index contributed by atoms with van der Waals surface area (Å²) in [4.78, 5) is 15.9. The Balaban J connectivity index is 1.23. The average molecular weight is 509 g/mol. The molecule has 4 aromatic rings. The number of aliphatic hydroxyl groups is 1. The van der Waals surface area contributed by atoms with E-state index in [0.717, 1.165) is 52.8 Å². The standard InChI is InChI=1S/C32H32N2O4/c35-30(27-7-4-16-33-19-27)21-34-20-28-13-10-26-18-24(12-15-31(26)38-28)23-11-14-29(32(36)37)25(17-23)9-8-22-5-2-1-3-6-22/h1-7,11-12,14-19,28,30,34-35H,8-10,13,20-21H2,(H,36,37)/t28-,30-/m1/s1. The van der Waals surface area contributed by atoms with Gasteiger partial charge in [0.25, 0.3) is 0 Å². The van der Waals surface area contributed by atoms with Crippen LogP contribution >= 0.6 is 0 Å². The van der Waals surface area contributed by atoms with E-state index in [4.69, 9.17) is 4.74 Å². The highest BCUT2D eigenvalue weighted by molar-refractivity contribution is 5.90. The van der Waals surface area contributed by atoms with Crippen LogP contribution in [0.1, 0.15) is 45.1 Å². The number of nitrogens with one attached hydrogen (secondary N) is 1. The monoisotopic (exact) mass is 508 g/mol. The van der Waals surface area contributed by atoms with Gasteiger partial charge >= 0.3 is 5.97 Å². The minimum absolute atomic E-state index is 0.0360. The number of carboxylic acid groups (broad SMARTS) is 1. The zero-order valence-electron chi connectivity index (χ0n) is 21.2. The number of aromatic carboxylic acids is 1. The van der Waals surface area contributed by atoms with Crippen molar-refractivity contribution in [2.45, 2.75) is 37.9 Å². The number of aromatic nitrogens is 1. The summed E-state index contributed by atoms with van der Waals surface area (Å²) in [7, 11) is 0. The van der Waals surface area contributed by atoms with E-state index in [-0.39, 0.29) is 6.10 Å². The number of ether oxygens (including phenoxy) is 1. The second kappa shape index (κ2) is 12.0. The lowest BCUT2D eigenvalue weighted by atomic mass is 9.93. The lowest BCUT2D eigenvalue weighted by Gasteiger charge is -2.27. The number of fused-ring (bicyclic) bond motifs is 1. The van der Waals surface area contributed by atoms with Gasteiger partial charge in [0.15, 0.2) is 0 Å². The Kier molecular flexibility index (Phi) is 8.12. The van der Waals surface area contributed by atoms with Gasteiger partial charge in [-0.15, -0.1) is 0 Å². The van der Waals surface area contributed by atoms with Crippen LogP contribution in [0.15, 0.2) is 91.3 Å². The molecule has 38 heavy (non-hydrogen) atoms. The maximum Gasteiger partial charge on any atom is 0.335 e. The predicted molar refractivity (Wildman–Crippen MR) is 147 cm³/mol. The minimum Gasteiger partial charge on any atom is -0.489 e. The highest BCUT2D eigenvalue weighted by atomic mass is 16.5. The van der Waals surface area contributed by atoms with Crippen molar-refractivity contribution >= 4 is 5.97 Å². The molecule has 2 atom stereocenters. The summed E-state index contributed by atoms with van der Waals surface area (Å²) in [5, 5.41) is 23.4. The first kappa shape index (κ1) is 25.6. The van der Waals surface area contributed by atoms with Gasteiger partial charge in [-0.3, -0.25) is 4.98 Å². The summed E-state index contributed by atoms with van der Waals surface area (Å²) >= 11 is 0. The first-order valence-electron chi connectivity index (χ1n) is 13.1. The van der Waals surface area contributed by atoms with Gasteiger partial charge in [-0.2, -0.15) is 0 Å². The number of aryl methyl sites for hydroxylation is 3. The number of hydrogen-bond donors (Lipinski definition) is 3. The van der Waals surface area contributed by atoms with E-state index in [2.05, 4.69) is 28.5 Å². The van der Waals surface area contributed by atoms with E-state index in [9.17, 15) is 15.0 Å². The fourth-order valence-corrected chi connectivity index (χ4v) is 4.95. The molecule has 6 heteroatoms. The van der Waals surface area contributed by atoms with Crippen LogP contribution in [0.25, 0.3) is 11.1 Å². The zero-order valence-corrected chi connectivity index (χ0v) is 21.2. The second-order valence-electron chi connectivity index (χ2n) is 9.72. The largest absolute Gasteiger partial charge is 0.489 e. The summed E-state index contributed by atoms with van der Waals surface area (Å²) in [5.41, 5.74) is 6.40. The van der Waals surface area contributed by atoms with Crippen molar-refractivity contribution in [1.29, 1.82) is 0 Å². The Morgan fingerprint density at radius 3 is 2.61 bits per heavy atom. The third kappa shape index (κ3) is 6.28. The molecule has 0 aliphatic carbocycles. The van der Waals surface area contributed by atoms with Crippen LogP contribution in [0.5, 0.6) is 5.75 Å². The lowest BCUT2D eigenvalue weighted by Crippen LogP contribution is -2.36. The van der Waals surface area contributed by atoms with Crippen molar-refractivity contribution in [2.24, 2.45) is 0 Å². The Labute approximate surface area is 223 Å². The first-order chi connectivity index (χ1) is 18.6. The normalized spacial score (nSPS) is 15.3. The third-order valence-corrected chi connectivity index (χ3v) is 7.06. The Hall–Kier alpha value is -4.00. The maximum atomic E-state index is 11.8. The molecular formula is C32H32N2O4. The Morgan fingerprint density at radius 1 is 1.00 bits per heavy atom. The number of benzene rings is 3. The molecule has 1 aliphatic heterocycles. The summed E-state index contributed by atoms with van der Waals surface area (Å²) in [6.07, 6.45) is 6.04. The van der Waals surface area contributed by atoms with E-state index >= 15 is 0 Å². The Bertz CT molecular complexity index is 1380. The van der Waals surface area contributed by atoms with Crippen molar-refractivity contribution < 1.29 is 19.7 Å². The summed E-state index contributed by atoms with van der Waals surface area (Å²) in [6, 6.07) is 25.6. The lowest BCUT2D eigenvalue weighted by molar-refractivity contribution is 0.0695. The van der Waals surface area contributed by atoms with Gasteiger partial charge in [0.1, 0.15) is 11.9 Å². The molecule has 0 fully saturated rings. The third-order valence-electron chi connectivity index (χ3n) is 7.06. The van der Waals surface area contributed by atoms with Crippen molar-refractivity contribution in [3.8, 4) is 16.9 Å². The fourth-order valence-electron chi connectivity index (χ4n) is 4.95. The number of hydrogen-bond acceptors (Lipinski definition) is 5. The van der Waals surface area contributed by atoms with Crippen molar-refractivity contribution in [3.05, 3.63) is 119 Å². The number of aliphatic hydroxyl groups excluding tert-OH is 1. The van der Waals surface area contributed by atoms with Gasteiger partial charge in [-0.25, -0.2) is 4.79 Å².